The molecule has 662 valence electrons. The molecular formula is C86H114N12O20S4. The van der Waals surface area contributed by atoms with Crippen molar-refractivity contribution in [1.29, 1.82) is 0 Å². The first-order valence-corrected chi connectivity index (χ1v) is 49.0. The molecule has 0 bridgehead atoms. The molecule has 0 unspecified atom stereocenters. The number of carbonyl (C=O) groups excluding carboxylic acids is 12. The Bertz CT molecular complexity index is 4770. The van der Waals surface area contributed by atoms with Crippen molar-refractivity contribution >= 4 is 110 Å². The smallest absolute Gasteiger partial charge is 0.289 e. The molecule has 0 radical (unpaired) electrons. The monoisotopic (exact) mass is 1760 g/mol. The van der Waals surface area contributed by atoms with Crippen LogP contribution in [0.4, 0.5) is 0 Å². The second-order valence-electron chi connectivity index (χ2n) is 33.9. The van der Waals surface area contributed by atoms with Crippen LogP contribution in [0, 0.1) is 0 Å². The Morgan fingerprint density at radius 2 is 0.533 bits per heavy atom. The highest BCUT2D eigenvalue weighted by molar-refractivity contribution is 7.90. The van der Waals surface area contributed by atoms with Gasteiger partial charge >= 0.3 is 0 Å². The molecule has 8 saturated heterocycles. The van der Waals surface area contributed by atoms with E-state index in [2.05, 4.69) is 21.3 Å². The quantitative estimate of drug-likeness (QED) is 0.0576. The third-order valence-electron chi connectivity index (χ3n) is 25.2. The number of carbonyl (C=O) groups is 12. The van der Waals surface area contributed by atoms with Gasteiger partial charge in [-0.15, -0.1) is 0 Å². The average Bonchev–Trinajstić information content (AvgIpc) is 1.70. The maximum absolute atomic E-state index is 12.9. The number of hydrogen-bond donors (Lipinski definition) is 4. The van der Waals surface area contributed by atoms with E-state index in [4.69, 9.17) is 0 Å². The summed E-state index contributed by atoms with van der Waals surface area (Å²) in [6.45, 7) is 6.99. The van der Waals surface area contributed by atoms with Crippen molar-refractivity contribution in [2.75, 3.05) is 52.4 Å². The largest absolute Gasteiger partial charge is 0.347 e. The number of nitrogens with one attached hydrogen (secondary N) is 4. The van der Waals surface area contributed by atoms with Crippen LogP contribution in [-0.2, 0) is 124 Å². The molecule has 8 heterocycles. The molecule has 122 heavy (non-hydrogen) atoms. The molecule has 32 nitrogen and oxygen atoms in total. The lowest BCUT2D eigenvalue weighted by molar-refractivity contribution is -0.143. The van der Waals surface area contributed by atoms with Gasteiger partial charge in [0.2, 0.25) is 86.9 Å². The van der Waals surface area contributed by atoms with Gasteiger partial charge in [-0.1, -0.05) is 147 Å². The summed E-state index contributed by atoms with van der Waals surface area (Å²) < 4.78 is 106. The number of sulfonamides is 4. The second-order valence-corrected chi connectivity index (χ2v) is 43.0. The van der Waals surface area contributed by atoms with Gasteiger partial charge in [0.15, 0.2) is 0 Å². The summed E-state index contributed by atoms with van der Waals surface area (Å²) in [5.74, 6) is -5.72. The molecule has 8 aliphatic heterocycles. The van der Waals surface area contributed by atoms with E-state index in [1.807, 2.05) is 121 Å². The number of rotatable bonds is 28. The minimum absolute atomic E-state index is 0.120. The number of hydrogen-bond acceptors (Lipinski definition) is 20. The van der Waals surface area contributed by atoms with Gasteiger partial charge in [-0.3, -0.25) is 57.5 Å². The summed E-state index contributed by atoms with van der Waals surface area (Å²) in [6, 6.07) is 33.4. The minimum atomic E-state index is -3.31. The number of benzene rings is 4. The predicted octanol–water partition coefficient (Wildman–Crippen LogP) is 4.30. The van der Waals surface area contributed by atoms with Crippen LogP contribution in [0.15, 0.2) is 121 Å². The topological polar surface area (TPSA) is 415 Å². The molecule has 3 aliphatic carbocycles. The highest BCUT2D eigenvalue weighted by Crippen LogP contribution is 2.35. The van der Waals surface area contributed by atoms with Crippen LogP contribution in [0.2, 0.25) is 0 Å². The van der Waals surface area contributed by atoms with Gasteiger partial charge in [0.05, 0.1) is 27.0 Å². The van der Waals surface area contributed by atoms with E-state index in [-0.39, 0.29) is 102 Å². The van der Waals surface area contributed by atoms with E-state index in [0.717, 1.165) is 73.6 Å². The van der Waals surface area contributed by atoms with E-state index in [1.54, 1.807) is 18.2 Å². The standard InChI is InChI=1S/C23H31N3O5S.2C21H27N3O5S.C21H29N3O5S/c27-21-11-10-20(26(21)16-17-6-2-1-3-7-17)22(28)23(29)24-18-12-14-25(15-13-18)32(30,31)19-8-4-5-9-19;25-19-11-10-18(24(19)12-15-6-2-1-3-7-15)20(26)21(27)22-16-13-23(14-16)30(28,29)17-8-4-5-9-17;25-19-9-8-18(24(19)14-15-4-2-1-3-5-15)20(26)21(27)22-16-10-12-23(13-11-16)30(28,29)17-6-7-17;1-15(2)30(28,29)23-12-10-17(11-13-23)22-21(27)20(26)18-8-9-19(25)24(18)14-16-6-4-3-5-7-16/h1-3,6-7,18-20H,4-5,8-16H2,(H,24,29);1-3,6-7,16-18H,4-5,8-14H2,(H,22,27);1-5,16-18H,6-14H2,(H,22,27);3-7,15,17-18H,8-14H2,1-2H3,(H,22,27)/t20-;3*18-/m1111/s1. The lowest BCUT2D eigenvalue weighted by Crippen LogP contribution is -2.63. The van der Waals surface area contributed by atoms with Crippen molar-refractivity contribution in [2.45, 2.75) is 263 Å². The average molecular weight is 1760 g/mol. The van der Waals surface area contributed by atoms with Crippen molar-refractivity contribution in [3.8, 4) is 0 Å². The molecule has 15 rings (SSSR count). The zero-order chi connectivity index (χ0) is 87.2. The fourth-order valence-corrected chi connectivity index (χ4v) is 25.1. The third-order valence-corrected chi connectivity index (χ3v) is 34.6. The zero-order valence-corrected chi connectivity index (χ0v) is 72.6. The van der Waals surface area contributed by atoms with E-state index in [9.17, 15) is 91.2 Å². The predicted molar refractivity (Wildman–Crippen MR) is 450 cm³/mol. The lowest BCUT2D eigenvalue weighted by Gasteiger charge is -2.39. The highest BCUT2D eigenvalue weighted by atomic mass is 32.2. The van der Waals surface area contributed by atoms with Crippen LogP contribution in [0.3, 0.4) is 0 Å². The normalized spacial score (nSPS) is 23.0. The molecule has 8 amide bonds. The van der Waals surface area contributed by atoms with Crippen molar-refractivity contribution in [2.24, 2.45) is 0 Å². The van der Waals surface area contributed by atoms with Crippen LogP contribution in [-0.4, -0.2) is 263 Å². The Morgan fingerprint density at radius 3 is 0.779 bits per heavy atom. The molecule has 11 fully saturated rings. The van der Waals surface area contributed by atoms with Crippen molar-refractivity contribution in [1.82, 2.24) is 58.1 Å². The maximum Gasteiger partial charge on any atom is 0.289 e. The number of nitrogens with zero attached hydrogens (tertiary/aromatic N) is 8. The molecule has 4 aromatic carbocycles. The SMILES string of the molecule is CC(C)S(=O)(=O)N1CCC(NC(=O)C(=O)[C@H]2CCC(=O)N2Cc2ccccc2)CC1.O=C(NC1CCN(S(=O)(=O)C2CC2)CC1)C(=O)[C@H]1CCC(=O)N1Cc1ccccc1.O=C(NC1CCN(S(=O)(=O)C2CCCC2)CC1)C(=O)[C@H]1CCC(=O)N1Cc1ccccc1.O=C(NC1CN(S(=O)(=O)C2CCCC2)C1)C(=O)[C@H]1CCC(=O)N1Cc1ccccc1. The first kappa shape index (κ1) is 92.1. The second kappa shape index (κ2) is 41.2. The first-order valence-electron chi connectivity index (χ1n) is 43.0. The Hall–Kier alpha value is -9.04. The number of Topliss-reactive ketones (excluding diaryl/α,β-unsaturated/α-hetero) is 4. The minimum Gasteiger partial charge on any atom is -0.347 e. The van der Waals surface area contributed by atoms with E-state index < -0.39 is 116 Å². The molecule has 4 N–H and O–H groups in total. The van der Waals surface area contributed by atoms with E-state index in [0.29, 0.717) is 142 Å². The van der Waals surface area contributed by atoms with Crippen LogP contribution in [0.5, 0.6) is 0 Å². The zero-order valence-electron chi connectivity index (χ0n) is 69.3. The van der Waals surface area contributed by atoms with Gasteiger partial charge in [-0.2, -0.15) is 4.31 Å². The molecular weight excluding hydrogens is 1650 g/mol. The van der Waals surface area contributed by atoms with Crippen LogP contribution in [0.25, 0.3) is 0 Å². The third kappa shape index (κ3) is 22.9. The summed E-state index contributed by atoms with van der Waals surface area (Å²) >= 11 is 0. The molecule has 11 aliphatic rings. The van der Waals surface area contributed by atoms with Crippen molar-refractivity contribution < 1.29 is 91.2 Å². The maximum atomic E-state index is 12.9. The van der Waals surface area contributed by atoms with Gasteiger partial charge in [0, 0.05) is 122 Å². The van der Waals surface area contributed by atoms with Crippen molar-refractivity contribution in [3.05, 3.63) is 144 Å². The first-order chi connectivity index (χ1) is 58.3. The van der Waals surface area contributed by atoms with Crippen LogP contribution >= 0.6 is 0 Å². The fourth-order valence-electron chi connectivity index (χ4n) is 17.7. The van der Waals surface area contributed by atoms with Gasteiger partial charge < -0.3 is 40.9 Å². The summed E-state index contributed by atoms with van der Waals surface area (Å²) in [6.07, 6.45) is 13.3. The lowest BCUT2D eigenvalue weighted by atomic mass is 10.0. The number of amides is 8. The van der Waals surface area contributed by atoms with Crippen LogP contribution in [0.1, 0.15) is 190 Å². The number of piperidine rings is 3. The summed E-state index contributed by atoms with van der Waals surface area (Å²) in [4.78, 5) is 156. The van der Waals surface area contributed by atoms with Gasteiger partial charge in [-0.25, -0.2) is 46.6 Å². The Morgan fingerprint density at radius 1 is 0.303 bits per heavy atom. The van der Waals surface area contributed by atoms with Crippen LogP contribution < -0.4 is 21.3 Å². The van der Waals surface area contributed by atoms with Crippen molar-refractivity contribution in [3.63, 3.8) is 0 Å². The van der Waals surface area contributed by atoms with Gasteiger partial charge in [0.1, 0.15) is 24.2 Å². The molecule has 4 aromatic rings. The molecule has 36 heteroatoms. The summed E-state index contributed by atoms with van der Waals surface area (Å²) in [7, 11) is -13.1. The Labute approximate surface area is 714 Å². The molecule has 0 spiro atoms. The summed E-state index contributed by atoms with van der Waals surface area (Å²) in [5.41, 5.74) is 3.63. The van der Waals surface area contributed by atoms with Gasteiger partial charge in [-0.05, 0) is 139 Å². The molecule has 3 saturated carbocycles. The highest BCUT2D eigenvalue weighted by Gasteiger charge is 2.48. The van der Waals surface area contributed by atoms with E-state index in [1.165, 1.54) is 32.5 Å². The summed E-state index contributed by atoms with van der Waals surface area (Å²) in [5, 5.41) is 9.65. The molecule has 4 atom stereocenters. The Balaban J connectivity index is 0.000000149. The fraction of sp³-hybridized carbons (Fsp3) is 0.581. The van der Waals surface area contributed by atoms with Gasteiger partial charge in [0.25, 0.3) is 23.6 Å². The number of likely N-dealkylation sites (tertiary alicyclic amines) is 4. The van der Waals surface area contributed by atoms with E-state index >= 15 is 0 Å². The Kier molecular flexibility index (Phi) is 31.1. The number of ketones is 4. The molecule has 0 aromatic heterocycles.